The topological polar surface area (TPSA) is 96.6 Å². The number of nitrogens with one attached hydrogen (secondary N) is 1. The summed E-state index contributed by atoms with van der Waals surface area (Å²) in [7, 11) is 0. The number of carbonyl (C=O) groups is 2. The molecule has 0 aliphatic rings. The quantitative estimate of drug-likeness (QED) is 0.642. The molecule has 0 saturated carbocycles. The average molecular weight is 287 g/mol. The summed E-state index contributed by atoms with van der Waals surface area (Å²) in [5, 5.41) is 11.8. The predicted molar refractivity (Wildman–Crippen MR) is 76.2 cm³/mol. The summed E-state index contributed by atoms with van der Waals surface area (Å²) in [5.74, 6) is -1.99. The van der Waals surface area contributed by atoms with Crippen molar-refractivity contribution >= 4 is 22.8 Å². The van der Waals surface area contributed by atoms with Gasteiger partial charge in [0.05, 0.1) is 0 Å². The fraction of sp³-hybridized carbons (Fsp3) is 0.133. The number of rotatable bonds is 5. The van der Waals surface area contributed by atoms with E-state index in [4.69, 9.17) is 9.52 Å². The number of benzene rings is 1. The Kier molecular flexibility index (Phi) is 4.18. The second kappa shape index (κ2) is 6.04. The second-order valence-electron chi connectivity index (χ2n) is 4.37. The molecule has 6 heteroatoms. The monoisotopic (exact) mass is 287 g/mol. The third kappa shape index (κ3) is 3.17. The first-order chi connectivity index (χ1) is 10.0. The fourth-order valence-corrected chi connectivity index (χ4v) is 1.84. The summed E-state index contributed by atoms with van der Waals surface area (Å²) in [5.41, 5.74) is -0.683. The van der Waals surface area contributed by atoms with E-state index in [1.165, 1.54) is 12.1 Å². The zero-order valence-electron chi connectivity index (χ0n) is 11.0. The number of amides is 1. The van der Waals surface area contributed by atoms with E-state index in [2.05, 4.69) is 11.9 Å². The lowest BCUT2D eigenvalue weighted by Gasteiger charge is -2.12. The Bertz CT molecular complexity index is 762. The summed E-state index contributed by atoms with van der Waals surface area (Å²) in [6.45, 7) is 3.43. The van der Waals surface area contributed by atoms with Crippen LogP contribution in [-0.2, 0) is 4.79 Å². The minimum Gasteiger partial charge on any atom is -0.480 e. The van der Waals surface area contributed by atoms with Crippen LogP contribution in [0.1, 0.15) is 16.8 Å². The zero-order chi connectivity index (χ0) is 15.4. The summed E-state index contributed by atoms with van der Waals surface area (Å²) in [6.07, 6.45) is 1.43. The molecule has 0 aliphatic carbocycles. The van der Waals surface area contributed by atoms with Gasteiger partial charge in [0.15, 0.2) is 0 Å². The van der Waals surface area contributed by atoms with E-state index in [1.807, 2.05) is 0 Å². The Balaban J connectivity index is 2.34. The number of para-hydroxylation sites is 1. The van der Waals surface area contributed by atoms with Crippen LogP contribution in [0.5, 0.6) is 0 Å². The lowest BCUT2D eigenvalue weighted by atomic mass is 10.1. The average Bonchev–Trinajstić information content (AvgIpc) is 2.45. The van der Waals surface area contributed by atoms with Crippen molar-refractivity contribution in [2.75, 3.05) is 0 Å². The highest BCUT2D eigenvalue weighted by Crippen LogP contribution is 2.12. The van der Waals surface area contributed by atoms with Gasteiger partial charge in [-0.2, -0.15) is 0 Å². The van der Waals surface area contributed by atoms with Gasteiger partial charge >= 0.3 is 11.6 Å². The first-order valence-electron chi connectivity index (χ1n) is 6.20. The van der Waals surface area contributed by atoms with E-state index < -0.39 is 23.5 Å². The van der Waals surface area contributed by atoms with Crippen LogP contribution < -0.4 is 10.9 Å². The standard InChI is InChI=1S/C15H13NO5/c1-2-5-11(14(18)19)16-13(17)10-8-9-6-3-4-7-12(9)21-15(10)20/h2-4,6-8,11H,1,5H2,(H,16,17)(H,18,19). The molecule has 2 aromatic rings. The van der Waals surface area contributed by atoms with Gasteiger partial charge in [-0.15, -0.1) is 6.58 Å². The van der Waals surface area contributed by atoms with Crippen molar-refractivity contribution in [1.29, 1.82) is 0 Å². The number of carbonyl (C=O) groups excluding carboxylic acids is 1. The Morgan fingerprint density at radius 2 is 2.10 bits per heavy atom. The molecular weight excluding hydrogens is 274 g/mol. The van der Waals surface area contributed by atoms with E-state index >= 15 is 0 Å². The lowest BCUT2D eigenvalue weighted by molar-refractivity contribution is -0.139. The SMILES string of the molecule is C=CCC(NC(=O)c1cc2ccccc2oc1=O)C(=O)O. The summed E-state index contributed by atoms with van der Waals surface area (Å²) in [6, 6.07) is 6.98. The van der Waals surface area contributed by atoms with Gasteiger partial charge in [0.2, 0.25) is 0 Å². The van der Waals surface area contributed by atoms with Gasteiger partial charge in [-0.1, -0.05) is 24.3 Å². The van der Waals surface area contributed by atoms with Crippen molar-refractivity contribution < 1.29 is 19.1 Å². The summed E-state index contributed by atoms with van der Waals surface area (Å²) < 4.78 is 5.03. The largest absolute Gasteiger partial charge is 0.480 e. The Labute approximate surface area is 119 Å². The summed E-state index contributed by atoms with van der Waals surface area (Å²) >= 11 is 0. The highest BCUT2D eigenvalue weighted by atomic mass is 16.4. The first kappa shape index (κ1) is 14.5. The van der Waals surface area contributed by atoms with E-state index in [0.717, 1.165) is 0 Å². The van der Waals surface area contributed by atoms with Gasteiger partial charge in [-0.3, -0.25) is 4.79 Å². The van der Waals surface area contributed by atoms with Crippen molar-refractivity contribution in [3.8, 4) is 0 Å². The fourth-order valence-electron chi connectivity index (χ4n) is 1.84. The van der Waals surface area contributed by atoms with Crippen molar-refractivity contribution in [3.63, 3.8) is 0 Å². The van der Waals surface area contributed by atoms with Gasteiger partial charge in [0.1, 0.15) is 17.2 Å². The van der Waals surface area contributed by atoms with E-state index in [0.29, 0.717) is 11.0 Å². The van der Waals surface area contributed by atoms with Gasteiger partial charge < -0.3 is 14.8 Å². The van der Waals surface area contributed by atoms with E-state index in [-0.39, 0.29) is 12.0 Å². The van der Waals surface area contributed by atoms with Gasteiger partial charge in [-0.05, 0) is 18.6 Å². The van der Waals surface area contributed by atoms with Crippen LogP contribution in [0.15, 0.2) is 52.2 Å². The molecule has 1 aromatic carbocycles. The molecule has 0 saturated heterocycles. The highest BCUT2D eigenvalue weighted by molar-refractivity contribution is 5.98. The number of carboxylic acid groups (broad SMARTS) is 1. The van der Waals surface area contributed by atoms with Gasteiger partial charge in [0.25, 0.3) is 5.91 Å². The number of hydrogen-bond donors (Lipinski definition) is 2. The maximum Gasteiger partial charge on any atom is 0.349 e. The Hall–Kier alpha value is -2.89. The molecule has 0 aliphatic heterocycles. The lowest BCUT2D eigenvalue weighted by Crippen LogP contribution is -2.41. The van der Waals surface area contributed by atoms with E-state index in [9.17, 15) is 14.4 Å². The van der Waals surface area contributed by atoms with E-state index in [1.54, 1.807) is 24.3 Å². The molecule has 2 rings (SSSR count). The maximum atomic E-state index is 12.0. The molecule has 0 spiro atoms. The van der Waals surface area contributed by atoms with Crippen LogP contribution in [0.4, 0.5) is 0 Å². The molecule has 1 amide bonds. The molecule has 21 heavy (non-hydrogen) atoms. The van der Waals surface area contributed by atoms with Crippen LogP contribution in [0.2, 0.25) is 0 Å². The van der Waals surface area contributed by atoms with Crippen LogP contribution in [0.25, 0.3) is 11.0 Å². The molecule has 6 nitrogen and oxygen atoms in total. The van der Waals surface area contributed by atoms with Crippen molar-refractivity contribution in [3.05, 3.63) is 59.0 Å². The molecule has 0 radical (unpaired) electrons. The second-order valence-corrected chi connectivity index (χ2v) is 4.37. The Morgan fingerprint density at radius 1 is 1.38 bits per heavy atom. The maximum absolute atomic E-state index is 12.0. The van der Waals surface area contributed by atoms with Crippen LogP contribution >= 0.6 is 0 Å². The first-order valence-corrected chi connectivity index (χ1v) is 6.20. The van der Waals surface area contributed by atoms with Gasteiger partial charge in [0, 0.05) is 5.39 Å². The normalized spacial score (nSPS) is 11.8. The molecule has 0 bridgehead atoms. The third-order valence-electron chi connectivity index (χ3n) is 2.89. The molecule has 2 N–H and O–H groups in total. The molecule has 0 fully saturated rings. The smallest absolute Gasteiger partial charge is 0.349 e. The molecule has 1 atom stereocenters. The third-order valence-corrected chi connectivity index (χ3v) is 2.89. The minimum atomic E-state index is -1.20. The zero-order valence-corrected chi connectivity index (χ0v) is 11.0. The van der Waals surface area contributed by atoms with Crippen molar-refractivity contribution in [2.45, 2.75) is 12.5 Å². The van der Waals surface area contributed by atoms with Crippen LogP contribution in [-0.4, -0.2) is 23.0 Å². The number of fused-ring (bicyclic) bond motifs is 1. The molecule has 1 unspecified atom stereocenters. The predicted octanol–water partition coefficient (Wildman–Crippen LogP) is 1.55. The minimum absolute atomic E-state index is 0.0555. The van der Waals surface area contributed by atoms with Gasteiger partial charge in [-0.25, -0.2) is 9.59 Å². The van der Waals surface area contributed by atoms with Crippen molar-refractivity contribution in [1.82, 2.24) is 5.32 Å². The number of aliphatic carboxylic acids is 1. The molecule has 108 valence electrons. The van der Waals surface area contributed by atoms with Crippen molar-refractivity contribution in [2.24, 2.45) is 0 Å². The molecular formula is C15H13NO5. The Morgan fingerprint density at radius 3 is 2.76 bits per heavy atom. The number of hydrogen-bond acceptors (Lipinski definition) is 4. The van der Waals surface area contributed by atoms with Crippen LogP contribution in [0, 0.1) is 0 Å². The highest BCUT2D eigenvalue weighted by Gasteiger charge is 2.21. The van der Waals surface area contributed by atoms with Crippen LogP contribution in [0.3, 0.4) is 0 Å². The summed E-state index contributed by atoms with van der Waals surface area (Å²) in [4.78, 5) is 34.8. The molecule has 1 heterocycles. The molecule has 1 aromatic heterocycles. The number of carboxylic acids is 1.